The van der Waals surface area contributed by atoms with E-state index in [0.717, 1.165) is 27.3 Å². The molecule has 1 aliphatic carbocycles. The van der Waals surface area contributed by atoms with Crippen molar-refractivity contribution in [3.05, 3.63) is 70.4 Å². The SMILES string of the molecule is CCOc1ccccc1CCC(=O)Nc1sc2c(c1N)CCC(OC(=O)NCCc1cccnc1)C2. The van der Waals surface area contributed by atoms with E-state index in [0.29, 0.717) is 62.4 Å². The van der Waals surface area contributed by atoms with Gasteiger partial charge in [0.15, 0.2) is 0 Å². The van der Waals surface area contributed by atoms with Crippen molar-refractivity contribution in [1.82, 2.24) is 10.3 Å². The van der Waals surface area contributed by atoms with Crippen LogP contribution in [0.2, 0.25) is 0 Å². The molecule has 0 spiro atoms. The molecule has 1 aromatic carbocycles. The number of nitrogen functional groups attached to an aromatic ring is 1. The number of benzene rings is 1. The number of carbonyl (C=O) groups is 2. The Labute approximate surface area is 215 Å². The lowest BCUT2D eigenvalue weighted by atomic mass is 9.95. The van der Waals surface area contributed by atoms with Gasteiger partial charge in [-0.3, -0.25) is 9.78 Å². The van der Waals surface area contributed by atoms with E-state index in [4.69, 9.17) is 15.2 Å². The summed E-state index contributed by atoms with van der Waals surface area (Å²) in [5, 5.41) is 6.46. The summed E-state index contributed by atoms with van der Waals surface area (Å²) in [6, 6.07) is 11.6. The molecule has 4 N–H and O–H groups in total. The van der Waals surface area contributed by atoms with E-state index in [1.807, 2.05) is 43.3 Å². The van der Waals surface area contributed by atoms with E-state index in [9.17, 15) is 9.59 Å². The molecule has 2 heterocycles. The first-order chi connectivity index (χ1) is 17.5. The minimum atomic E-state index is -0.419. The number of hydrogen-bond acceptors (Lipinski definition) is 7. The highest BCUT2D eigenvalue weighted by Gasteiger charge is 2.27. The van der Waals surface area contributed by atoms with E-state index in [1.54, 1.807) is 12.4 Å². The number of nitrogens with two attached hydrogens (primary N) is 1. The Hall–Kier alpha value is -3.59. The van der Waals surface area contributed by atoms with Gasteiger partial charge in [0.1, 0.15) is 16.9 Å². The van der Waals surface area contributed by atoms with Crippen molar-refractivity contribution in [2.45, 2.75) is 51.6 Å². The summed E-state index contributed by atoms with van der Waals surface area (Å²) in [7, 11) is 0. The molecule has 190 valence electrons. The van der Waals surface area contributed by atoms with Gasteiger partial charge in [-0.1, -0.05) is 24.3 Å². The van der Waals surface area contributed by atoms with Crippen LogP contribution >= 0.6 is 11.3 Å². The van der Waals surface area contributed by atoms with Gasteiger partial charge < -0.3 is 25.8 Å². The smallest absolute Gasteiger partial charge is 0.407 e. The predicted molar refractivity (Wildman–Crippen MR) is 142 cm³/mol. The summed E-state index contributed by atoms with van der Waals surface area (Å²) in [5.74, 6) is 0.721. The minimum absolute atomic E-state index is 0.0904. The summed E-state index contributed by atoms with van der Waals surface area (Å²) in [5.41, 5.74) is 10.1. The molecule has 0 radical (unpaired) electrons. The maximum absolute atomic E-state index is 12.7. The number of anilines is 2. The molecule has 0 saturated heterocycles. The zero-order valence-corrected chi connectivity index (χ0v) is 21.2. The molecule has 36 heavy (non-hydrogen) atoms. The van der Waals surface area contributed by atoms with Crippen LogP contribution in [0.3, 0.4) is 0 Å². The third kappa shape index (κ3) is 6.75. The molecule has 0 aliphatic heterocycles. The fourth-order valence-corrected chi connectivity index (χ4v) is 5.51. The van der Waals surface area contributed by atoms with E-state index in [1.165, 1.54) is 11.3 Å². The number of hydrogen-bond donors (Lipinski definition) is 3. The molecule has 1 unspecified atom stereocenters. The van der Waals surface area contributed by atoms with Crippen molar-refractivity contribution in [3.63, 3.8) is 0 Å². The van der Waals surface area contributed by atoms with Crippen molar-refractivity contribution in [2.75, 3.05) is 24.2 Å². The van der Waals surface area contributed by atoms with E-state index in [2.05, 4.69) is 15.6 Å². The second-order valence-electron chi connectivity index (χ2n) is 8.64. The van der Waals surface area contributed by atoms with E-state index >= 15 is 0 Å². The van der Waals surface area contributed by atoms with Crippen LogP contribution in [0.15, 0.2) is 48.8 Å². The lowest BCUT2D eigenvalue weighted by molar-refractivity contribution is -0.116. The summed E-state index contributed by atoms with van der Waals surface area (Å²) in [6.45, 7) is 3.01. The molecule has 0 saturated carbocycles. The van der Waals surface area contributed by atoms with Gasteiger partial charge in [0, 0.05) is 36.7 Å². The van der Waals surface area contributed by atoms with E-state index in [-0.39, 0.29) is 12.0 Å². The van der Waals surface area contributed by atoms with E-state index < -0.39 is 6.09 Å². The second kappa shape index (κ2) is 12.4. The lowest BCUT2D eigenvalue weighted by Crippen LogP contribution is -2.33. The Balaban J connectivity index is 1.26. The summed E-state index contributed by atoms with van der Waals surface area (Å²) >= 11 is 1.47. The topological polar surface area (TPSA) is 116 Å². The largest absolute Gasteiger partial charge is 0.494 e. The first kappa shape index (κ1) is 25.5. The first-order valence-corrected chi connectivity index (χ1v) is 13.1. The van der Waals surface area contributed by atoms with Crippen LogP contribution < -0.4 is 21.1 Å². The van der Waals surface area contributed by atoms with Gasteiger partial charge in [-0.15, -0.1) is 11.3 Å². The van der Waals surface area contributed by atoms with Crippen molar-refractivity contribution in [2.24, 2.45) is 0 Å². The fraction of sp³-hybridized carbons (Fsp3) is 0.370. The normalized spacial score (nSPS) is 14.5. The van der Waals surface area contributed by atoms with Gasteiger partial charge in [-0.2, -0.15) is 0 Å². The summed E-state index contributed by atoms with van der Waals surface area (Å²) < 4.78 is 11.3. The van der Waals surface area contributed by atoms with Crippen LogP contribution in [0.5, 0.6) is 5.75 Å². The molecule has 0 bridgehead atoms. The highest BCUT2D eigenvalue weighted by Crippen LogP contribution is 2.40. The van der Waals surface area contributed by atoms with Crippen LogP contribution in [0.4, 0.5) is 15.5 Å². The Kier molecular flexibility index (Phi) is 8.78. The molecule has 2 amide bonds. The number of nitrogens with one attached hydrogen (secondary N) is 2. The quantitative estimate of drug-likeness (QED) is 0.371. The Morgan fingerprint density at radius 1 is 1.19 bits per heavy atom. The Bertz CT molecular complexity index is 1180. The Morgan fingerprint density at radius 2 is 2.06 bits per heavy atom. The lowest BCUT2D eigenvalue weighted by Gasteiger charge is -2.22. The molecular formula is C27H32N4O4S. The maximum atomic E-state index is 12.7. The van der Waals surface area contributed by atoms with Gasteiger partial charge >= 0.3 is 6.09 Å². The molecule has 8 nitrogen and oxygen atoms in total. The number of para-hydroxylation sites is 1. The van der Waals surface area contributed by atoms with Crippen molar-refractivity contribution in [3.8, 4) is 5.75 Å². The number of ether oxygens (including phenoxy) is 2. The molecule has 4 rings (SSSR count). The summed E-state index contributed by atoms with van der Waals surface area (Å²) in [4.78, 5) is 30.0. The third-order valence-corrected chi connectivity index (χ3v) is 7.27. The number of rotatable bonds is 10. The molecule has 2 aromatic heterocycles. The van der Waals surface area contributed by atoms with Gasteiger partial charge in [0.25, 0.3) is 0 Å². The molecular weight excluding hydrogens is 476 g/mol. The maximum Gasteiger partial charge on any atom is 0.407 e. The zero-order valence-electron chi connectivity index (χ0n) is 20.4. The highest BCUT2D eigenvalue weighted by atomic mass is 32.1. The van der Waals surface area contributed by atoms with Gasteiger partial charge in [-0.25, -0.2) is 4.79 Å². The van der Waals surface area contributed by atoms with Crippen molar-refractivity contribution < 1.29 is 19.1 Å². The monoisotopic (exact) mass is 508 g/mol. The molecule has 1 aliphatic rings. The highest BCUT2D eigenvalue weighted by molar-refractivity contribution is 7.17. The van der Waals surface area contributed by atoms with Crippen LogP contribution in [-0.4, -0.2) is 36.2 Å². The standard InChI is InChI=1S/C27H32N4O4S/c1-2-34-22-8-4-3-7-19(22)9-12-24(32)31-26-25(28)21-11-10-20(16-23(21)36-26)35-27(33)30-15-13-18-6-5-14-29-17-18/h3-8,14,17,20H,2,9-13,15-16,28H2,1H3,(H,30,33)(H,31,32). The van der Waals surface area contributed by atoms with Crippen LogP contribution in [0, 0.1) is 0 Å². The summed E-state index contributed by atoms with van der Waals surface area (Å²) in [6.07, 6.45) is 6.49. The number of nitrogens with zero attached hydrogens (tertiary/aromatic N) is 1. The Morgan fingerprint density at radius 3 is 2.86 bits per heavy atom. The molecule has 1 atom stereocenters. The van der Waals surface area contributed by atoms with Crippen molar-refractivity contribution in [1.29, 1.82) is 0 Å². The zero-order chi connectivity index (χ0) is 25.3. The third-order valence-electron chi connectivity index (χ3n) is 6.09. The molecule has 3 aromatic rings. The van der Waals surface area contributed by atoms with Gasteiger partial charge in [0.05, 0.1) is 12.3 Å². The number of thiophene rings is 1. The van der Waals surface area contributed by atoms with Crippen molar-refractivity contribution >= 4 is 34.0 Å². The predicted octanol–water partition coefficient (Wildman–Crippen LogP) is 4.52. The average molecular weight is 509 g/mol. The van der Waals surface area contributed by atoms with Crippen LogP contribution in [-0.2, 0) is 35.2 Å². The number of carbonyl (C=O) groups excluding carboxylic acids is 2. The van der Waals surface area contributed by atoms with Crippen LogP contribution in [0.25, 0.3) is 0 Å². The number of alkyl carbamates (subject to hydrolysis) is 1. The van der Waals surface area contributed by atoms with Crippen LogP contribution in [0.1, 0.15) is 41.3 Å². The molecule has 9 heteroatoms. The number of aryl methyl sites for hydroxylation is 1. The van der Waals surface area contributed by atoms with Gasteiger partial charge in [0.2, 0.25) is 5.91 Å². The second-order valence-corrected chi connectivity index (χ2v) is 9.75. The number of aromatic nitrogens is 1. The number of fused-ring (bicyclic) bond motifs is 1. The fourth-order valence-electron chi connectivity index (χ4n) is 4.27. The first-order valence-electron chi connectivity index (χ1n) is 12.3. The minimum Gasteiger partial charge on any atom is -0.494 e. The van der Waals surface area contributed by atoms with Gasteiger partial charge in [-0.05, 0) is 61.4 Å². The molecule has 0 fully saturated rings. The number of pyridine rings is 1. The number of amides is 2. The average Bonchev–Trinajstić information content (AvgIpc) is 3.18.